The highest BCUT2D eigenvalue weighted by Gasteiger charge is 2.29. The van der Waals surface area contributed by atoms with Crippen molar-refractivity contribution in [1.82, 2.24) is 24.8 Å². The van der Waals surface area contributed by atoms with Gasteiger partial charge < -0.3 is 9.80 Å². The van der Waals surface area contributed by atoms with Crippen LogP contribution in [-0.2, 0) is 11.3 Å². The highest BCUT2D eigenvalue weighted by molar-refractivity contribution is 5.91. The summed E-state index contributed by atoms with van der Waals surface area (Å²) in [5.41, 5.74) is 0.368. The van der Waals surface area contributed by atoms with Crippen LogP contribution in [0.2, 0.25) is 0 Å². The minimum absolute atomic E-state index is 0.137. The first-order chi connectivity index (χ1) is 12.5. The van der Waals surface area contributed by atoms with Gasteiger partial charge in [0.1, 0.15) is 0 Å². The fraction of sp³-hybridized carbons (Fsp3) is 0.789. The largest absolute Gasteiger partial charge is 0.343 e. The minimum Gasteiger partial charge on any atom is -0.343 e. The zero-order chi connectivity index (χ0) is 18.5. The van der Waals surface area contributed by atoms with Crippen LogP contribution in [0.25, 0.3) is 0 Å². The molecule has 2 heterocycles. The number of aryl methyl sites for hydroxylation is 1. The van der Waals surface area contributed by atoms with E-state index in [2.05, 4.69) is 15.2 Å². The molecule has 2 aliphatic rings. The molecule has 26 heavy (non-hydrogen) atoms. The van der Waals surface area contributed by atoms with Crippen molar-refractivity contribution >= 4 is 11.8 Å². The predicted octanol–water partition coefficient (Wildman–Crippen LogP) is 2.33. The SMILES string of the molecule is CN(C)C(=O)c1cn(CCC2CCCCN2C(=O)CC2CCCC2)nn1. The second-order valence-electron chi connectivity index (χ2n) is 7.95. The standard InChI is InChI=1S/C19H31N5O2/c1-22(2)19(26)17-14-23(21-20-17)12-10-16-9-5-6-11-24(16)18(25)13-15-7-3-4-8-15/h14-16H,3-13H2,1-2H3. The molecule has 2 fully saturated rings. The van der Waals surface area contributed by atoms with E-state index in [9.17, 15) is 9.59 Å². The number of rotatable bonds is 6. The van der Waals surface area contributed by atoms with Gasteiger partial charge in [-0.1, -0.05) is 18.1 Å². The van der Waals surface area contributed by atoms with Gasteiger partial charge in [-0.2, -0.15) is 0 Å². The van der Waals surface area contributed by atoms with E-state index in [1.165, 1.54) is 37.0 Å². The Morgan fingerprint density at radius 3 is 2.62 bits per heavy atom. The Hall–Kier alpha value is -1.92. The molecule has 3 rings (SSSR count). The molecule has 1 saturated heterocycles. The highest BCUT2D eigenvalue weighted by atomic mass is 16.2. The summed E-state index contributed by atoms with van der Waals surface area (Å²) in [6.45, 7) is 1.57. The molecule has 1 aromatic heterocycles. The molecule has 1 aliphatic heterocycles. The third-order valence-electron chi connectivity index (χ3n) is 5.74. The van der Waals surface area contributed by atoms with E-state index in [1.54, 1.807) is 25.0 Å². The number of amides is 2. The van der Waals surface area contributed by atoms with E-state index < -0.39 is 0 Å². The smallest absolute Gasteiger partial charge is 0.275 e. The molecule has 0 spiro atoms. The summed E-state index contributed by atoms with van der Waals surface area (Å²) in [6.07, 6.45) is 11.6. The minimum atomic E-state index is -0.137. The Bertz CT molecular complexity index is 621. The van der Waals surface area contributed by atoms with E-state index in [-0.39, 0.29) is 11.9 Å². The second kappa shape index (κ2) is 8.64. The van der Waals surface area contributed by atoms with E-state index in [4.69, 9.17) is 0 Å². The fourth-order valence-electron chi connectivity index (χ4n) is 4.22. The fourth-order valence-corrected chi connectivity index (χ4v) is 4.22. The van der Waals surface area contributed by atoms with Crippen LogP contribution in [0.4, 0.5) is 0 Å². The van der Waals surface area contributed by atoms with Crippen LogP contribution in [0.15, 0.2) is 6.20 Å². The average Bonchev–Trinajstić information content (AvgIpc) is 3.31. The molecule has 144 valence electrons. The van der Waals surface area contributed by atoms with Crippen molar-refractivity contribution in [2.24, 2.45) is 5.92 Å². The maximum atomic E-state index is 12.8. The number of carbonyl (C=O) groups excluding carboxylic acids is 2. The summed E-state index contributed by atoms with van der Waals surface area (Å²) >= 11 is 0. The maximum absolute atomic E-state index is 12.8. The summed E-state index contributed by atoms with van der Waals surface area (Å²) in [6, 6.07) is 0.287. The molecular weight excluding hydrogens is 330 g/mol. The molecule has 0 aromatic carbocycles. The molecule has 1 saturated carbocycles. The van der Waals surface area contributed by atoms with Crippen LogP contribution in [-0.4, -0.2) is 63.3 Å². The van der Waals surface area contributed by atoms with Crippen molar-refractivity contribution in [1.29, 1.82) is 0 Å². The molecule has 7 heteroatoms. The number of aromatic nitrogens is 3. The van der Waals surface area contributed by atoms with Gasteiger partial charge in [0.05, 0.1) is 6.20 Å². The Morgan fingerprint density at radius 2 is 1.88 bits per heavy atom. The summed E-state index contributed by atoms with van der Waals surface area (Å²) in [5.74, 6) is 0.797. The third kappa shape index (κ3) is 4.62. The lowest BCUT2D eigenvalue weighted by atomic mass is 9.96. The molecule has 1 aliphatic carbocycles. The second-order valence-corrected chi connectivity index (χ2v) is 7.95. The molecule has 1 unspecified atom stereocenters. The lowest BCUT2D eigenvalue weighted by Gasteiger charge is -2.36. The number of piperidine rings is 1. The van der Waals surface area contributed by atoms with Crippen molar-refractivity contribution < 1.29 is 9.59 Å². The van der Waals surface area contributed by atoms with E-state index in [0.29, 0.717) is 24.1 Å². The summed E-state index contributed by atoms with van der Waals surface area (Å²) in [5, 5.41) is 8.04. The van der Waals surface area contributed by atoms with Gasteiger partial charge in [-0.25, -0.2) is 0 Å². The molecule has 0 N–H and O–H groups in total. The number of hydrogen-bond acceptors (Lipinski definition) is 4. The zero-order valence-electron chi connectivity index (χ0n) is 16.1. The monoisotopic (exact) mass is 361 g/mol. The molecule has 2 amide bonds. The number of nitrogens with zero attached hydrogens (tertiary/aromatic N) is 5. The van der Waals surface area contributed by atoms with Crippen LogP contribution < -0.4 is 0 Å². The van der Waals surface area contributed by atoms with Crippen molar-refractivity contribution in [3.8, 4) is 0 Å². The molecule has 1 aromatic rings. The van der Waals surface area contributed by atoms with Crippen LogP contribution in [0.1, 0.15) is 68.3 Å². The Balaban J connectivity index is 1.54. The van der Waals surface area contributed by atoms with Gasteiger partial charge in [0.15, 0.2) is 5.69 Å². The number of carbonyl (C=O) groups is 2. The Kier molecular flexibility index (Phi) is 6.27. The lowest BCUT2D eigenvalue weighted by molar-refractivity contribution is -0.136. The quantitative estimate of drug-likeness (QED) is 0.780. The normalized spacial score (nSPS) is 21.2. The number of likely N-dealkylation sites (tertiary alicyclic amines) is 1. The van der Waals surface area contributed by atoms with Crippen molar-refractivity contribution in [3.63, 3.8) is 0 Å². The van der Waals surface area contributed by atoms with E-state index >= 15 is 0 Å². The zero-order valence-corrected chi connectivity index (χ0v) is 16.1. The first-order valence-corrected chi connectivity index (χ1v) is 9.96. The van der Waals surface area contributed by atoms with Gasteiger partial charge >= 0.3 is 0 Å². The Morgan fingerprint density at radius 1 is 1.15 bits per heavy atom. The van der Waals surface area contributed by atoms with Crippen molar-refractivity contribution in [3.05, 3.63) is 11.9 Å². The van der Waals surface area contributed by atoms with Gasteiger partial charge in [-0.15, -0.1) is 5.10 Å². The maximum Gasteiger partial charge on any atom is 0.275 e. The van der Waals surface area contributed by atoms with Gasteiger partial charge in [0, 0.05) is 39.6 Å². The predicted molar refractivity (Wildman–Crippen MR) is 98.6 cm³/mol. The van der Waals surface area contributed by atoms with Crippen molar-refractivity contribution in [2.75, 3.05) is 20.6 Å². The number of hydrogen-bond donors (Lipinski definition) is 0. The first-order valence-electron chi connectivity index (χ1n) is 9.96. The molecular formula is C19H31N5O2. The van der Waals surface area contributed by atoms with Gasteiger partial charge in [-0.05, 0) is 44.4 Å². The van der Waals surface area contributed by atoms with Gasteiger partial charge in [0.2, 0.25) is 5.91 Å². The molecule has 1 atom stereocenters. The van der Waals surface area contributed by atoms with Gasteiger partial charge in [-0.3, -0.25) is 14.3 Å². The van der Waals surface area contributed by atoms with Crippen LogP contribution >= 0.6 is 0 Å². The third-order valence-corrected chi connectivity index (χ3v) is 5.74. The van der Waals surface area contributed by atoms with E-state index in [1.807, 2.05) is 0 Å². The van der Waals surface area contributed by atoms with Crippen molar-refractivity contribution in [2.45, 2.75) is 70.4 Å². The Labute approximate surface area is 155 Å². The van der Waals surface area contributed by atoms with E-state index in [0.717, 1.165) is 32.2 Å². The molecule has 7 nitrogen and oxygen atoms in total. The van der Waals surface area contributed by atoms with Crippen LogP contribution in [0.5, 0.6) is 0 Å². The first kappa shape index (κ1) is 18.9. The topological polar surface area (TPSA) is 71.3 Å². The summed E-state index contributed by atoms with van der Waals surface area (Å²) in [7, 11) is 3.41. The lowest BCUT2D eigenvalue weighted by Crippen LogP contribution is -2.44. The van der Waals surface area contributed by atoms with Crippen LogP contribution in [0, 0.1) is 5.92 Å². The van der Waals surface area contributed by atoms with Gasteiger partial charge in [0.25, 0.3) is 5.91 Å². The van der Waals surface area contributed by atoms with Crippen LogP contribution in [0.3, 0.4) is 0 Å². The highest BCUT2D eigenvalue weighted by Crippen LogP contribution is 2.30. The molecule has 0 bridgehead atoms. The summed E-state index contributed by atoms with van der Waals surface area (Å²) < 4.78 is 1.73. The summed E-state index contributed by atoms with van der Waals surface area (Å²) in [4.78, 5) is 28.3. The molecule has 0 radical (unpaired) electrons. The average molecular weight is 361 g/mol.